The van der Waals surface area contributed by atoms with Crippen LogP contribution in [0.2, 0.25) is 0 Å². The molecule has 2 N–H and O–H groups in total. The van der Waals surface area contributed by atoms with Crippen molar-refractivity contribution >= 4 is 11.8 Å². The number of ether oxygens (including phenoxy) is 1. The van der Waals surface area contributed by atoms with Gasteiger partial charge in [-0.1, -0.05) is 17.7 Å². The van der Waals surface area contributed by atoms with E-state index in [2.05, 4.69) is 32.0 Å². The fourth-order valence-electron chi connectivity index (χ4n) is 1.70. The Kier molecular flexibility index (Phi) is 3.05. The average molecular weight is 223 g/mol. The Hall–Kier alpha value is -0.510. The van der Waals surface area contributed by atoms with E-state index in [1.807, 2.05) is 11.8 Å². The molecule has 1 heterocycles. The highest BCUT2D eigenvalue weighted by Crippen LogP contribution is 2.39. The Bertz CT molecular complexity index is 355. The summed E-state index contributed by atoms with van der Waals surface area (Å²) in [6.45, 7) is 6.51. The zero-order valence-electron chi connectivity index (χ0n) is 9.25. The highest BCUT2D eigenvalue weighted by molar-refractivity contribution is 8.00. The third-order valence-electron chi connectivity index (χ3n) is 2.76. The van der Waals surface area contributed by atoms with Crippen molar-refractivity contribution in [2.45, 2.75) is 23.5 Å². The van der Waals surface area contributed by atoms with Gasteiger partial charge >= 0.3 is 0 Å². The summed E-state index contributed by atoms with van der Waals surface area (Å²) in [6.07, 6.45) is 0. The minimum atomic E-state index is 0.125. The number of hydrogen-bond donors (Lipinski definition) is 1. The standard InChI is InChI=1S/C12H17NOS/c1-9-3-4-11(10(2)5-9)15-12(6-13)7-14-8-12/h3-5H,6-8,13H2,1-2H3. The topological polar surface area (TPSA) is 35.2 Å². The van der Waals surface area contributed by atoms with Crippen molar-refractivity contribution < 1.29 is 4.74 Å². The van der Waals surface area contributed by atoms with Crippen LogP contribution >= 0.6 is 11.8 Å². The first kappa shape index (κ1) is 11.0. The molecule has 1 aliphatic heterocycles. The molecule has 1 saturated heterocycles. The van der Waals surface area contributed by atoms with Crippen LogP contribution in [-0.4, -0.2) is 24.5 Å². The average Bonchev–Trinajstić information content (AvgIpc) is 2.14. The molecular formula is C12H17NOS. The normalized spacial score (nSPS) is 18.6. The molecule has 2 rings (SSSR count). The highest BCUT2D eigenvalue weighted by atomic mass is 32.2. The van der Waals surface area contributed by atoms with E-state index in [4.69, 9.17) is 10.5 Å². The van der Waals surface area contributed by atoms with Crippen molar-refractivity contribution in [1.29, 1.82) is 0 Å². The van der Waals surface area contributed by atoms with E-state index in [9.17, 15) is 0 Å². The highest BCUT2D eigenvalue weighted by Gasteiger charge is 2.38. The van der Waals surface area contributed by atoms with Gasteiger partial charge in [-0.3, -0.25) is 0 Å². The van der Waals surface area contributed by atoms with Crippen molar-refractivity contribution in [3.05, 3.63) is 29.3 Å². The number of benzene rings is 1. The van der Waals surface area contributed by atoms with Crippen LogP contribution in [0.4, 0.5) is 0 Å². The maximum absolute atomic E-state index is 5.80. The van der Waals surface area contributed by atoms with Gasteiger partial charge in [0.25, 0.3) is 0 Å². The van der Waals surface area contributed by atoms with Crippen LogP contribution in [-0.2, 0) is 4.74 Å². The van der Waals surface area contributed by atoms with E-state index in [0.717, 1.165) is 13.2 Å². The quantitative estimate of drug-likeness (QED) is 0.852. The Balaban J connectivity index is 2.16. The number of nitrogens with two attached hydrogens (primary N) is 1. The lowest BCUT2D eigenvalue weighted by molar-refractivity contribution is -0.00435. The molecule has 82 valence electrons. The Morgan fingerprint density at radius 3 is 2.60 bits per heavy atom. The predicted molar refractivity (Wildman–Crippen MR) is 64.4 cm³/mol. The van der Waals surface area contributed by atoms with E-state index in [1.54, 1.807) is 0 Å². The molecule has 2 nitrogen and oxygen atoms in total. The number of hydrogen-bond acceptors (Lipinski definition) is 3. The van der Waals surface area contributed by atoms with Crippen molar-refractivity contribution in [3.8, 4) is 0 Å². The van der Waals surface area contributed by atoms with Gasteiger partial charge in [-0.05, 0) is 25.5 Å². The molecule has 0 amide bonds. The van der Waals surface area contributed by atoms with E-state index in [1.165, 1.54) is 16.0 Å². The third kappa shape index (κ3) is 2.19. The van der Waals surface area contributed by atoms with Gasteiger partial charge in [-0.15, -0.1) is 11.8 Å². The molecule has 15 heavy (non-hydrogen) atoms. The maximum Gasteiger partial charge on any atom is 0.0794 e. The van der Waals surface area contributed by atoms with E-state index >= 15 is 0 Å². The fraction of sp³-hybridized carbons (Fsp3) is 0.500. The molecule has 0 saturated carbocycles. The first-order valence-electron chi connectivity index (χ1n) is 5.19. The van der Waals surface area contributed by atoms with E-state index in [0.29, 0.717) is 6.54 Å². The minimum Gasteiger partial charge on any atom is -0.378 e. The van der Waals surface area contributed by atoms with E-state index < -0.39 is 0 Å². The minimum absolute atomic E-state index is 0.125. The molecule has 1 aromatic rings. The number of rotatable bonds is 3. The van der Waals surface area contributed by atoms with Gasteiger partial charge in [0.2, 0.25) is 0 Å². The van der Waals surface area contributed by atoms with Gasteiger partial charge in [-0.2, -0.15) is 0 Å². The van der Waals surface area contributed by atoms with Gasteiger partial charge in [0.05, 0.1) is 18.0 Å². The van der Waals surface area contributed by atoms with Crippen molar-refractivity contribution in [2.24, 2.45) is 5.73 Å². The molecule has 0 radical (unpaired) electrons. The summed E-state index contributed by atoms with van der Waals surface area (Å²) in [4.78, 5) is 1.33. The lowest BCUT2D eigenvalue weighted by atomic mass is 10.1. The molecule has 0 unspecified atom stereocenters. The summed E-state index contributed by atoms with van der Waals surface area (Å²) in [5.74, 6) is 0. The van der Waals surface area contributed by atoms with Crippen LogP contribution in [0.5, 0.6) is 0 Å². The summed E-state index contributed by atoms with van der Waals surface area (Å²) in [6, 6.07) is 6.55. The maximum atomic E-state index is 5.80. The van der Waals surface area contributed by atoms with Gasteiger partial charge in [0.1, 0.15) is 0 Å². The Labute approximate surface area is 95.2 Å². The van der Waals surface area contributed by atoms with E-state index in [-0.39, 0.29) is 4.75 Å². The molecule has 0 aliphatic carbocycles. The zero-order chi connectivity index (χ0) is 10.9. The molecule has 1 fully saturated rings. The van der Waals surface area contributed by atoms with Crippen LogP contribution in [0.1, 0.15) is 11.1 Å². The van der Waals surface area contributed by atoms with Gasteiger partial charge < -0.3 is 10.5 Å². The molecule has 0 spiro atoms. The smallest absolute Gasteiger partial charge is 0.0794 e. The molecule has 0 atom stereocenters. The lowest BCUT2D eigenvalue weighted by Crippen LogP contribution is -2.52. The van der Waals surface area contributed by atoms with Gasteiger partial charge in [0, 0.05) is 11.4 Å². The molecule has 1 aliphatic rings. The van der Waals surface area contributed by atoms with Gasteiger partial charge in [0.15, 0.2) is 0 Å². The Morgan fingerprint density at radius 1 is 1.40 bits per heavy atom. The molecule has 0 aromatic heterocycles. The number of thioether (sulfide) groups is 1. The fourth-order valence-corrected chi connectivity index (χ4v) is 2.89. The van der Waals surface area contributed by atoms with Crippen molar-refractivity contribution in [2.75, 3.05) is 19.8 Å². The second-order valence-corrected chi connectivity index (χ2v) is 5.76. The summed E-state index contributed by atoms with van der Waals surface area (Å²) in [5.41, 5.74) is 8.44. The second kappa shape index (κ2) is 4.16. The first-order valence-corrected chi connectivity index (χ1v) is 6.01. The van der Waals surface area contributed by atoms with Crippen LogP contribution in [0.3, 0.4) is 0 Å². The monoisotopic (exact) mass is 223 g/mol. The van der Waals surface area contributed by atoms with Crippen LogP contribution in [0.15, 0.2) is 23.1 Å². The third-order valence-corrected chi connectivity index (χ3v) is 4.27. The van der Waals surface area contributed by atoms with Crippen LogP contribution in [0.25, 0.3) is 0 Å². The molecule has 0 bridgehead atoms. The number of aryl methyl sites for hydroxylation is 2. The SMILES string of the molecule is Cc1ccc(SC2(CN)COC2)c(C)c1. The zero-order valence-corrected chi connectivity index (χ0v) is 10.1. The predicted octanol–water partition coefficient (Wildman–Crippen LogP) is 2.12. The molecular weight excluding hydrogens is 206 g/mol. The van der Waals surface area contributed by atoms with Crippen LogP contribution in [0, 0.1) is 13.8 Å². The van der Waals surface area contributed by atoms with Crippen LogP contribution < -0.4 is 5.73 Å². The summed E-state index contributed by atoms with van der Waals surface area (Å²) >= 11 is 1.86. The molecule has 1 aromatic carbocycles. The summed E-state index contributed by atoms with van der Waals surface area (Å²) < 4.78 is 5.39. The van der Waals surface area contributed by atoms with Gasteiger partial charge in [-0.25, -0.2) is 0 Å². The summed E-state index contributed by atoms with van der Waals surface area (Å²) in [7, 11) is 0. The Morgan fingerprint density at radius 2 is 2.13 bits per heavy atom. The summed E-state index contributed by atoms with van der Waals surface area (Å²) in [5, 5.41) is 0. The van der Waals surface area contributed by atoms with Crippen molar-refractivity contribution in [3.63, 3.8) is 0 Å². The van der Waals surface area contributed by atoms with Crippen molar-refractivity contribution in [1.82, 2.24) is 0 Å². The largest absolute Gasteiger partial charge is 0.378 e. The lowest BCUT2D eigenvalue weighted by Gasteiger charge is -2.40. The molecule has 3 heteroatoms. The first-order chi connectivity index (χ1) is 7.15. The second-order valence-electron chi connectivity index (χ2n) is 4.25.